The standard InChI is InChI=1S/C25H33N3O7S.ClH/c29-21(18-33-22-2-4-23(5-3-22)36(30,31)28-11-13-32-14-12-28)17-27-9-7-26(8-10-27)16-20-1-6-24-25(15-20)35-19-34-24;/h1-6,15,21,29H,7-14,16-19H2;1H. The van der Waals surface area contributed by atoms with Gasteiger partial charge in [0.1, 0.15) is 18.5 Å². The van der Waals surface area contributed by atoms with Gasteiger partial charge in [-0.2, -0.15) is 4.31 Å². The first kappa shape index (κ1) is 27.9. The Bertz CT molecular complexity index is 1120. The van der Waals surface area contributed by atoms with Crippen LogP contribution in [0.5, 0.6) is 17.2 Å². The highest BCUT2D eigenvalue weighted by atomic mass is 35.5. The van der Waals surface area contributed by atoms with Crippen molar-refractivity contribution >= 4 is 22.4 Å². The lowest BCUT2D eigenvalue weighted by Crippen LogP contribution is -2.48. The lowest BCUT2D eigenvalue weighted by atomic mass is 10.1. The van der Waals surface area contributed by atoms with Crippen LogP contribution in [0.1, 0.15) is 5.56 Å². The van der Waals surface area contributed by atoms with Gasteiger partial charge in [-0.05, 0) is 42.0 Å². The highest BCUT2D eigenvalue weighted by Crippen LogP contribution is 2.32. The van der Waals surface area contributed by atoms with Gasteiger partial charge in [-0.25, -0.2) is 8.42 Å². The van der Waals surface area contributed by atoms with Gasteiger partial charge in [-0.1, -0.05) is 6.07 Å². The van der Waals surface area contributed by atoms with E-state index in [2.05, 4.69) is 15.9 Å². The molecule has 0 amide bonds. The average Bonchev–Trinajstić information content (AvgIpc) is 3.37. The number of aliphatic hydroxyl groups is 1. The fourth-order valence-corrected chi connectivity index (χ4v) is 6.02. The highest BCUT2D eigenvalue weighted by molar-refractivity contribution is 7.89. The molecule has 3 heterocycles. The molecule has 1 unspecified atom stereocenters. The second-order valence-electron chi connectivity index (χ2n) is 9.22. The summed E-state index contributed by atoms with van der Waals surface area (Å²) in [6, 6.07) is 12.4. The molecule has 5 rings (SSSR count). The number of ether oxygens (including phenoxy) is 4. The number of fused-ring (bicyclic) bond motifs is 1. The Morgan fingerprint density at radius 3 is 2.30 bits per heavy atom. The molecule has 1 atom stereocenters. The molecule has 0 aliphatic carbocycles. The summed E-state index contributed by atoms with van der Waals surface area (Å²) in [7, 11) is -3.53. The molecule has 2 fully saturated rings. The fraction of sp³-hybridized carbons (Fsp3) is 0.520. The van der Waals surface area contributed by atoms with Gasteiger partial charge in [-0.15, -0.1) is 12.4 Å². The van der Waals surface area contributed by atoms with E-state index in [0.717, 1.165) is 44.2 Å². The van der Waals surface area contributed by atoms with Gasteiger partial charge in [-0.3, -0.25) is 9.80 Å². The van der Waals surface area contributed by atoms with E-state index in [-0.39, 0.29) is 30.7 Å². The smallest absolute Gasteiger partial charge is 0.243 e. The zero-order chi connectivity index (χ0) is 25.0. The number of morpholine rings is 1. The van der Waals surface area contributed by atoms with Gasteiger partial charge in [0, 0.05) is 52.4 Å². The molecule has 0 saturated carbocycles. The summed E-state index contributed by atoms with van der Waals surface area (Å²) in [5, 5.41) is 10.5. The maximum Gasteiger partial charge on any atom is 0.243 e. The lowest BCUT2D eigenvalue weighted by Gasteiger charge is -2.35. The van der Waals surface area contributed by atoms with Gasteiger partial charge >= 0.3 is 0 Å². The molecular weight excluding hydrogens is 522 g/mol. The molecule has 3 aliphatic rings. The summed E-state index contributed by atoms with van der Waals surface area (Å²) < 4.78 is 48.7. The van der Waals surface area contributed by atoms with Crippen molar-refractivity contribution in [2.45, 2.75) is 17.5 Å². The van der Waals surface area contributed by atoms with Crippen molar-refractivity contribution in [1.29, 1.82) is 0 Å². The molecule has 204 valence electrons. The summed E-state index contributed by atoms with van der Waals surface area (Å²) in [5.74, 6) is 2.14. The number of β-amino-alcohol motifs (C(OH)–C–C–N with tert-alkyl or cyclic N) is 1. The number of nitrogens with zero attached hydrogens (tertiary/aromatic N) is 3. The van der Waals surface area contributed by atoms with Crippen LogP contribution in [-0.4, -0.2) is 106 Å². The number of halogens is 1. The molecule has 3 aliphatic heterocycles. The minimum atomic E-state index is -3.53. The molecule has 1 N–H and O–H groups in total. The van der Waals surface area contributed by atoms with E-state index in [1.54, 1.807) is 24.3 Å². The highest BCUT2D eigenvalue weighted by Gasteiger charge is 2.26. The molecule has 0 bridgehead atoms. The van der Waals surface area contributed by atoms with Crippen LogP contribution in [0.2, 0.25) is 0 Å². The number of benzene rings is 2. The summed E-state index contributed by atoms with van der Waals surface area (Å²) in [4.78, 5) is 4.86. The first-order valence-corrected chi connectivity index (χ1v) is 13.7. The van der Waals surface area contributed by atoms with E-state index in [0.29, 0.717) is 38.6 Å². The summed E-state index contributed by atoms with van der Waals surface area (Å²) in [6.45, 7) is 6.93. The summed E-state index contributed by atoms with van der Waals surface area (Å²) in [5.41, 5.74) is 1.20. The topological polar surface area (TPSA) is 101 Å². The number of hydrogen-bond donors (Lipinski definition) is 1. The Kier molecular flexibility index (Phi) is 9.51. The SMILES string of the molecule is Cl.O=S(=O)(c1ccc(OCC(O)CN2CCN(Cc3ccc4c(c3)OCO4)CC2)cc1)N1CCOCC1. The number of aliphatic hydroxyl groups excluding tert-OH is 1. The van der Waals surface area contributed by atoms with Gasteiger partial charge in [0.2, 0.25) is 16.8 Å². The van der Waals surface area contributed by atoms with Gasteiger partial charge in [0.25, 0.3) is 0 Å². The Balaban J connectivity index is 0.00000320. The van der Waals surface area contributed by atoms with E-state index >= 15 is 0 Å². The second kappa shape index (κ2) is 12.6. The molecular formula is C25H34ClN3O7S. The zero-order valence-corrected chi connectivity index (χ0v) is 22.3. The Hall–Kier alpha value is -2.12. The Morgan fingerprint density at radius 1 is 0.892 bits per heavy atom. The molecule has 12 heteroatoms. The predicted molar refractivity (Wildman–Crippen MR) is 139 cm³/mol. The van der Waals surface area contributed by atoms with Gasteiger partial charge in [0.05, 0.1) is 18.1 Å². The number of hydrogen-bond acceptors (Lipinski definition) is 9. The Morgan fingerprint density at radius 2 is 1.57 bits per heavy atom. The predicted octanol–water partition coefficient (Wildman–Crippen LogP) is 1.42. The van der Waals surface area contributed by atoms with Crippen molar-refractivity contribution in [3.05, 3.63) is 48.0 Å². The van der Waals surface area contributed by atoms with Crippen molar-refractivity contribution in [2.24, 2.45) is 0 Å². The molecule has 37 heavy (non-hydrogen) atoms. The normalized spacial score (nSPS) is 19.8. The third-order valence-electron chi connectivity index (χ3n) is 6.65. The minimum absolute atomic E-state index is 0. The summed E-state index contributed by atoms with van der Waals surface area (Å²) >= 11 is 0. The van der Waals surface area contributed by atoms with E-state index in [4.69, 9.17) is 18.9 Å². The molecule has 0 radical (unpaired) electrons. The summed E-state index contributed by atoms with van der Waals surface area (Å²) in [6.07, 6.45) is -0.637. The van der Waals surface area contributed by atoms with Crippen LogP contribution in [0.3, 0.4) is 0 Å². The molecule has 2 aromatic rings. The Labute approximate surface area is 224 Å². The van der Waals surface area contributed by atoms with Crippen LogP contribution >= 0.6 is 12.4 Å². The van der Waals surface area contributed by atoms with E-state index in [9.17, 15) is 13.5 Å². The fourth-order valence-electron chi connectivity index (χ4n) is 4.61. The van der Waals surface area contributed by atoms with Crippen LogP contribution in [-0.2, 0) is 21.3 Å². The molecule has 10 nitrogen and oxygen atoms in total. The number of sulfonamides is 1. The van der Waals surface area contributed by atoms with Crippen molar-refractivity contribution in [2.75, 3.05) is 72.4 Å². The first-order valence-electron chi connectivity index (χ1n) is 12.3. The van der Waals surface area contributed by atoms with Gasteiger partial charge < -0.3 is 24.1 Å². The van der Waals surface area contributed by atoms with Crippen LogP contribution in [0.15, 0.2) is 47.4 Å². The quantitative estimate of drug-likeness (QED) is 0.492. The third kappa shape index (κ3) is 7.05. The molecule has 2 aromatic carbocycles. The molecule has 0 spiro atoms. The van der Waals surface area contributed by atoms with E-state index in [1.807, 2.05) is 12.1 Å². The third-order valence-corrected chi connectivity index (χ3v) is 8.56. The average molecular weight is 556 g/mol. The van der Waals surface area contributed by atoms with Crippen molar-refractivity contribution in [3.63, 3.8) is 0 Å². The molecule has 0 aromatic heterocycles. The lowest BCUT2D eigenvalue weighted by molar-refractivity contribution is 0.0446. The van der Waals surface area contributed by atoms with E-state index < -0.39 is 16.1 Å². The van der Waals surface area contributed by atoms with Gasteiger partial charge in [0.15, 0.2) is 11.5 Å². The molecule has 2 saturated heterocycles. The van der Waals surface area contributed by atoms with Crippen molar-refractivity contribution in [3.8, 4) is 17.2 Å². The van der Waals surface area contributed by atoms with Crippen molar-refractivity contribution < 1.29 is 32.5 Å². The number of piperazine rings is 1. The van der Waals surface area contributed by atoms with Crippen molar-refractivity contribution in [1.82, 2.24) is 14.1 Å². The van der Waals surface area contributed by atoms with E-state index in [1.165, 1.54) is 9.87 Å². The maximum atomic E-state index is 12.7. The van der Waals surface area contributed by atoms with Crippen LogP contribution < -0.4 is 14.2 Å². The van der Waals surface area contributed by atoms with Crippen LogP contribution in [0, 0.1) is 0 Å². The number of rotatable bonds is 9. The first-order chi connectivity index (χ1) is 17.5. The zero-order valence-electron chi connectivity index (χ0n) is 20.7. The maximum absolute atomic E-state index is 12.7. The monoisotopic (exact) mass is 555 g/mol. The van der Waals surface area contributed by atoms with Crippen LogP contribution in [0.25, 0.3) is 0 Å². The second-order valence-corrected chi connectivity index (χ2v) is 11.2. The minimum Gasteiger partial charge on any atom is -0.491 e. The van der Waals surface area contributed by atoms with Crippen LogP contribution in [0.4, 0.5) is 0 Å². The largest absolute Gasteiger partial charge is 0.491 e.